The monoisotopic (exact) mass is 283 g/mol. The molecule has 21 heavy (non-hydrogen) atoms. The fourth-order valence-corrected chi connectivity index (χ4v) is 1.99. The molecule has 0 saturated carbocycles. The lowest BCUT2D eigenvalue weighted by molar-refractivity contribution is 0.895. The molecule has 0 aliphatic carbocycles. The van der Waals surface area contributed by atoms with Crippen molar-refractivity contribution in [1.29, 1.82) is 0 Å². The van der Waals surface area contributed by atoms with Crippen LogP contribution in [-0.4, -0.2) is 37.6 Å². The molecule has 3 aromatic heterocycles. The van der Waals surface area contributed by atoms with Gasteiger partial charge >= 0.3 is 0 Å². The number of rotatable bonds is 6. The lowest BCUT2D eigenvalue weighted by Crippen LogP contribution is -2.11. The molecule has 2 N–H and O–H groups in total. The Bertz CT molecular complexity index is 708. The summed E-state index contributed by atoms with van der Waals surface area (Å²) in [5.74, 6) is 0.613. The van der Waals surface area contributed by atoms with Gasteiger partial charge in [-0.25, -0.2) is 9.97 Å². The first-order valence-electron chi connectivity index (χ1n) is 6.85. The maximum Gasteiger partial charge on any atom is 0.224 e. The maximum absolute atomic E-state index is 4.37. The Labute approximate surface area is 122 Å². The second-order valence-electron chi connectivity index (χ2n) is 4.71. The molecule has 0 radical (unpaired) electrons. The molecule has 108 valence electrons. The van der Waals surface area contributed by atoms with E-state index in [0.717, 1.165) is 30.7 Å². The van der Waals surface area contributed by atoms with E-state index in [0.29, 0.717) is 11.6 Å². The SMILES string of the molecule is Cn1cnc2nc(NCCCNc3cccnc3)ncc21. The van der Waals surface area contributed by atoms with Gasteiger partial charge in [-0.2, -0.15) is 4.98 Å². The summed E-state index contributed by atoms with van der Waals surface area (Å²) >= 11 is 0. The zero-order chi connectivity index (χ0) is 14.5. The number of aryl methyl sites for hydroxylation is 1. The van der Waals surface area contributed by atoms with Crippen LogP contribution in [0.1, 0.15) is 6.42 Å². The number of hydrogen-bond acceptors (Lipinski definition) is 6. The number of aromatic nitrogens is 5. The van der Waals surface area contributed by atoms with Crippen molar-refractivity contribution in [3.05, 3.63) is 37.1 Å². The van der Waals surface area contributed by atoms with Crippen LogP contribution in [0.2, 0.25) is 0 Å². The zero-order valence-corrected chi connectivity index (χ0v) is 11.8. The van der Waals surface area contributed by atoms with E-state index < -0.39 is 0 Å². The smallest absolute Gasteiger partial charge is 0.224 e. The van der Waals surface area contributed by atoms with Gasteiger partial charge in [-0.3, -0.25) is 4.98 Å². The van der Waals surface area contributed by atoms with Gasteiger partial charge in [0.2, 0.25) is 5.95 Å². The molecular formula is C14H17N7. The summed E-state index contributed by atoms with van der Waals surface area (Å²) in [4.78, 5) is 16.9. The van der Waals surface area contributed by atoms with E-state index in [1.165, 1.54) is 0 Å². The highest BCUT2D eigenvalue weighted by molar-refractivity contribution is 5.70. The summed E-state index contributed by atoms with van der Waals surface area (Å²) in [6.07, 6.45) is 8.05. The Hall–Kier alpha value is -2.70. The van der Waals surface area contributed by atoms with E-state index in [9.17, 15) is 0 Å². The fourth-order valence-electron chi connectivity index (χ4n) is 1.99. The van der Waals surface area contributed by atoms with Crippen LogP contribution in [0, 0.1) is 0 Å². The van der Waals surface area contributed by atoms with Gasteiger partial charge in [-0.1, -0.05) is 0 Å². The number of imidazole rings is 1. The van der Waals surface area contributed by atoms with Gasteiger partial charge in [0.05, 0.1) is 18.2 Å². The molecule has 0 aromatic carbocycles. The third kappa shape index (κ3) is 3.25. The van der Waals surface area contributed by atoms with Gasteiger partial charge in [-0.15, -0.1) is 0 Å². The molecule has 0 aliphatic rings. The Balaban J connectivity index is 1.46. The van der Waals surface area contributed by atoms with E-state index in [1.54, 1.807) is 18.7 Å². The van der Waals surface area contributed by atoms with Crippen molar-refractivity contribution in [1.82, 2.24) is 24.5 Å². The van der Waals surface area contributed by atoms with Gasteiger partial charge < -0.3 is 15.2 Å². The van der Waals surface area contributed by atoms with E-state index in [2.05, 4.69) is 30.6 Å². The lowest BCUT2D eigenvalue weighted by Gasteiger charge is -2.07. The molecule has 0 fully saturated rings. The lowest BCUT2D eigenvalue weighted by atomic mass is 10.3. The predicted molar refractivity (Wildman–Crippen MR) is 82.1 cm³/mol. The van der Waals surface area contributed by atoms with Crippen molar-refractivity contribution in [3.8, 4) is 0 Å². The minimum atomic E-state index is 0.613. The highest BCUT2D eigenvalue weighted by Gasteiger charge is 2.03. The van der Waals surface area contributed by atoms with Gasteiger partial charge in [0.25, 0.3) is 0 Å². The fraction of sp³-hybridized carbons (Fsp3) is 0.286. The number of fused-ring (bicyclic) bond motifs is 1. The van der Waals surface area contributed by atoms with Crippen LogP contribution in [0.3, 0.4) is 0 Å². The molecule has 7 nitrogen and oxygen atoms in total. The van der Waals surface area contributed by atoms with E-state index in [4.69, 9.17) is 0 Å². The Morgan fingerprint density at radius 3 is 2.90 bits per heavy atom. The third-order valence-electron chi connectivity index (χ3n) is 3.11. The van der Waals surface area contributed by atoms with Crippen molar-refractivity contribution in [2.24, 2.45) is 7.05 Å². The van der Waals surface area contributed by atoms with Gasteiger partial charge in [0.1, 0.15) is 5.52 Å². The highest BCUT2D eigenvalue weighted by Crippen LogP contribution is 2.09. The van der Waals surface area contributed by atoms with Gasteiger partial charge in [0.15, 0.2) is 5.65 Å². The Morgan fingerprint density at radius 1 is 1.14 bits per heavy atom. The minimum Gasteiger partial charge on any atom is -0.384 e. The molecular weight excluding hydrogens is 266 g/mol. The molecule has 3 heterocycles. The zero-order valence-electron chi connectivity index (χ0n) is 11.8. The first-order valence-corrected chi connectivity index (χ1v) is 6.85. The van der Waals surface area contributed by atoms with Crippen molar-refractivity contribution in [2.45, 2.75) is 6.42 Å². The Morgan fingerprint density at radius 2 is 2.05 bits per heavy atom. The van der Waals surface area contributed by atoms with Crippen LogP contribution in [0.25, 0.3) is 11.2 Å². The summed E-state index contributed by atoms with van der Waals surface area (Å²) in [7, 11) is 1.93. The van der Waals surface area contributed by atoms with Crippen LogP contribution in [-0.2, 0) is 7.05 Å². The van der Waals surface area contributed by atoms with Crippen LogP contribution in [0.4, 0.5) is 11.6 Å². The van der Waals surface area contributed by atoms with E-state index >= 15 is 0 Å². The molecule has 3 rings (SSSR count). The molecule has 7 heteroatoms. The standard InChI is InChI=1S/C14H17N7/c1-21-10-19-13-12(21)9-18-14(20-13)17-7-3-6-16-11-4-2-5-15-8-11/h2,4-5,8-10,16H,3,6-7H2,1H3,(H,17,18,20). The molecule has 0 aliphatic heterocycles. The summed E-state index contributed by atoms with van der Waals surface area (Å²) in [5.41, 5.74) is 2.67. The Kier molecular flexibility index (Phi) is 3.90. The minimum absolute atomic E-state index is 0.613. The quantitative estimate of drug-likeness (QED) is 0.670. The molecule has 0 saturated heterocycles. The van der Waals surface area contributed by atoms with Crippen molar-refractivity contribution in [2.75, 3.05) is 23.7 Å². The molecule has 0 unspecified atom stereocenters. The third-order valence-corrected chi connectivity index (χ3v) is 3.11. The number of hydrogen-bond donors (Lipinski definition) is 2. The summed E-state index contributed by atoms with van der Waals surface area (Å²) in [6.45, 7) is 1.66. The topological polar surface area (TPSA) is 80.5 Å². The second kappa shape index (κ2) is 6.17. The molecule has 0 spiro atoms. The molecule has 0 bridgehead atoms. The first kappa shape index (κ1) is 13.3. The van der Waals surface area contributed by atoms with Crippen molar-refractivity contribution in [3.63, 3.8) is 0 Å². The molecule has 0 amide bonds. The van der Waals surface area contributed by atoms with Crippen LogP contribution in [0.5, 0.6) is 0 Å². The second-order valence-corrected chi connectivity index (χ2v) is 4.71. The largest absolute Gasteiger partial charge is 0.384 e. The van der Waals surface area contributed by atoms with Crippen molar-refractivity contribution >= 4 is 22.8 Å². The van der Waals surface area contributed by atoms with Crippen LogP contribution >= 0.6 is 0 Å². The number of anilines is 2. The summed E-state index contributed by atoms with van der Waals surface area (Å²) < 4.78 is 1.90. The highest BCUT2D eigenvalue weighted by atomic mass is 15.1. The van der Waals surface area contributed by atoms with E-state index in [1.807, 2.05) is 29.9 Å². The number of nitrogens with zero attached hydrogens (tertiary/aromatic N) is 5. The van der Waals surface area contributed by atoms with Gasteiger partial charge in [-0.05, 0) is 18.6 Å². The number of nitrogens with one attached hydrogen (secondary N) is 2. The van der Waals surface area contributed by atoms with Crippen LogP contribution < -0.4 is 10.6 Å². The molecule has 3 aromatic rings. The van der Waals surface area contributed by atoms with Crippen LogP contribution in [0.15, 0.2) is 37.1 Å². The van der Waals surface area contributed by atoms with Crippen molar-refractivity contribution < 1.29 is 0 Å². The summed E-state index contributed by atoms with van der Waals surface area (Å²) in [6, 6.07) is 3.91. The average Bonchev–Trinajstić information content (AvgIpc) is 2.89. The number of pyridine rings is 1. The van der Waals surface area contributed by atoms with Gasteiger partial charge in [0, 0.05) is 32.5 Å². The van der Waals surface area contributed by atoms with E-state index in [-0.39, 0.29) is 0 Å². The summed E-state index contributed by atoms with van der Waals surface area (Å²) in [5, 5.41) is 6.51. The predicted octanol–water partition coefficient (Wildman–Crippen LogP) is 1.67. The molecule has 0 atom stereocenters. The first-order chi connectivity index (χ1) is 10.3. The maximum atomic E-state index is 4.37. The average molecular weight is 283 g/mol. The normalized spacial score (nSPS) is 10.7.